The predicted molar refractivity (Wildman–Crippen MR) is 88.6 cm³/mol. The lowest BCUT2D eigenvalue weighted by Crippen LogP contribution is -1.98. The van der Waals surface area contributed by atoms with Crippen molar-refractivity contribution in [3.05, 3.63) is 0 Å². The summed E-state index contributed by atoms with van der Waals surface area (Å²) in [7, 11) is 1.44. The minimum Gasteiger partial charge on any atom is -0.469 e. The number of rotatable bonds is 10. The van der Waals surface area contributed by atoms with Crippen LogP contribution in [0.1, 0.15) is 84.0 Å². The molecular formula is C19H30O2. The first-order chi connectivity index (χ1) is 10.3. The molecule has 21 heavy (non-hydrogen) atoms. The van der Waals surface area contributed by atoms with Crippen LogP contribution in [0.3, 0.4) is 0 Å². The Morgan fingerprint density at radius 3 is 1.86 bits per heavy atom. The van der Waals surface area contributed by atoms with Crippen molar-refractivity contribution in [1.29, 1.82) is 0 Å². The first-order valence-electron chi connectivity index (χ1n) is 8.29. The zero-order chi connectivity index (χ0) is 15.6. The Hall–Kier alpha value is -1.41. The van der Waals surface area contributed by atoms with Crippen LogP contribution in [0.25, 0.3) is 0 Å². The summed E-state index contributed by atoms with van der Waals surface area (Å²) in [6, 6.07) is 0. The number of carbonyl (C=O) groups is 1. The summed E-state index contributed by atoms with van der Waals surface area (Å²) in [5, 5.41) is 0. The molecule has 0 saturated carbocycles. The zero-order valence-corrected chi connectivity index (χ0v) is 13.8. The second-order valence-corrected chi connectivity index (χ2v) is 5.15. The fourth-order valence-electron chi connectivity index (χ4n) is 1.82. The molecule has 0 spiro atoms. The Morgan fingerprint density at radius 2 is 1.29 bits per heavy atom. The number of methoxy groups -OCH3 is 1. The van der Waals surface area contributed by atoms with Gasteiger partial charge in [0.25, 0.3) is 0 Å². The van der Waals surface area contributed by atoms with E-state index in [1.807, 2.05) is 0 Å². The summed E-state index contributed by atoms with van der Waals surface area (Å²) in [5.41, 5.74) is 0. The Morgan fingerprint density at radius 1 is 0.762 bits per heavy atom. The fourth-order valence-corrected chi connectivity index (χ4v) is 1.82. The number of hydrogen-bond donors (Lipinski definition) is 0. The molecule has 0 bridgehead atoms. The van der Waals surface area contributed by atoms with Gasteiger partial charge in [-0.15, -0.1) is 23.7 Å². The summed E-state index contributed by atoms with van der Waals surface area (Å²) in [6.45, 7) is 2.19. The minimum atomic E-state index is -0.104. The molecule has 0 aromatic carbocycles. The Kier molecular flexibility index (Phi) is 15.5. The monoisotopic (exact) mass is 290 g/mol. The van der Waals surface area contributed by atoms with Crippen LogP contribution in [0.15, 0.2) is 0 Å². The first kappa shape index (κ1) is 19.6. The van der Waals surface area contributed by atoms with Crippen LogP contribution < -0.4 is 0 Å². The highest BCUT2D eigenvalue weighted by atomic mass is 16.5. The maximum Gasteiger partial charge on any atom is 0.305 e. The van der Waals surface area contributed by atoms with Crippen LogP contribution in [0.5, 0.6) is 0 Å². The van der Waals surface area contributed by atoms with Crippen LogP contribution in [0.2, 0.25) is 0 Å². The standard InChI is InChI=1S/C19H30O2/c1-3-4-5-6-7-8-9-10-11-12-13-14-15-16-17-18-19(20)21-2/h3-5,8-10,13-18H2,1-2H3. The van der Waals surface area contributed by atoms with Crippen molar-refractivity contribution in [3.63, 3.8) is 0 Å². The summed E-state index contributed by atoms with van der Waals surface area (Å²) < 4.78 is 4.60. The third-order valence-electron chi connectivity index (χ3n) is 3.17. The van der Waals surface area contributed by atoms with Crippen molar-refractivity contribution in [2.45, 2.75) is 84.0 Å². The predicted octanol–water partition coefficient (Wildman–Crippen LogP) is 4.87. The molecule has 0 atom stereocenters. The fraction of sp³-hybridized carbons (Fsp3) is 0.737. The number of carbonyl (C=O) groups excluding carboxylic acids is 1. The van der Waals surface area contributed by atoms with Crippen molar-refractivity contribution in [1.82, 2.24) is 0 Å². The first-order valence-corrected chi connectivity index (χ1v) is 8.29. The van der Waals surface area contributed by atoms with E-state index in [4.69, 9.17) is 0 Å². The van der Waals surface area contributed by atoms with Crippen LogP contribution in [0.4, 0.5) is 0 Å². The number of unbranched alkanes of at least 4 members (excludes halogenated alkanes) is 8. The zero-order valence-electron chi connectivity index (χ0n) is 13.8. The molecule has 0 aromatic heterocycles. The van der Waals surface area contributed by atoms with Gasteiger partial charge in [0.15, 0.2) is 0 Å². The molecular weight excluding hydrogens is 260 g/mol. The molecule has 2 nitrogen and oxygen atoms in total. The molecule has 118 valence electrons. The van der Waals surface area contributed by atoms with E-state index in [1.165, 1.54) is 20.0 Å². The summed E-state index contributed by atoms with van der Waals surface area (Å²) in [4.78, 5) is 10.9. The smallest absolute Gasteiger partial charge is 0.305 e. The van der Waals surface area contributed by atoms with Gasteiger partial charge < -0.3 is 4.74 Å². The molecule has 0 aliphatic carbocycles. The van der Waals surface area contributed by atoms with Crippen molar-refractivity contribution in [2.75, 3.05) is 7.11 Å². The highest BCUT2D eigenvalue weighted by Gasteiger charge is 1.98. The van der Waals surface area contributed by atoms with Crippen LogP contribution in [-0.2, 0) is 9.53 Å². The molecule has 2 heteroatoms. The van der Waals surface area contributed by atoms with E-state index >= 15 is 0 Å². The average molecular weight is 290 g/mol. The van der Waals surface area contributed by atoms with Gasteiger partial charge in [-0.3, -0.25) is 4.79 Å². The molecule has 0 rings (SSSR count). The summed E-state index contributed by atoms with van der Waals surface area (Å²) in [6.07, 6.45) is 12.3. The quantitative estimate of drug-likeness (QED) is 0.326. The van der Waals surface area contributed by atoms with Gasteiger partial charge in [-0.2, -0.15) is 0 Å². The van der Waals surface area contributed by atoms with E-state index in [0.717, 1.165) is 57.8 Å². The Labute approximate surface area is 131 Å². The van der Waals surface area contributed by atoms with Crippen molar-refractivity contribution in [3.8, 4) is 23.7 Å². The molecule has 0 aliphatic heterocycles. The SMILES string of the molecule is CCCCC#CCCCC#CCCCCCCC(=O)OC. The number of hydrogen-bond acceptors (Lipinski definition) is 2. The van der Waals surface area contributed by atoms with E-state index in [-0.39, 0.29) is 5.97 Å². The van der Waals surface area contributed by atoms with Crippen molar-refractivity contribution < 1.29 is 9.53 Å². The lowest BCUT2D eigenvalue weighted by Gasteiger charge is -1.98. The van der Waals surface area contributed by atoms with Gasteiger partial charge >= 0.3 is 5.97 Å². The van der Waals surface area contributed by atoms with Gasteiger partial charge in [0, 0.05) is 32.1 Å². The minimum absolute atomic E-state index is 0.104. The molecule has 0 heterocycles. The van der Waals surface area contributed by atoms with Gasteiger partial charge in [-0.1, -0.05) is 26.2 Å². The van der Waals surface area contributed by atoms with Crippen LogP contribution >= 0.6 is 0 Å². The van der Waals surface area contributed by atoms with E-state index < -0.39 is 0 Å². The number of ether oxygens (including phenoxy) is 1. The summed E-state index contributed by atoms with van der Waals surface area (Å²) in [5.74, 6) is 12.7. The molecule has 0 radical (unpaired) electrons. The second-order valence-electron chi connectivity index (χ2n) is 5.15. The normalized spacial score (nSPS) is 9.24. The topological polar surface area (TPSA) is 26.3 Å². The van der Waals surface area contributed by atoms with Gasteiger partial charge in [0.2, 0.25) is 0 Å². The van der Waals surface area contributed by atoms with E-state index in [9.17, 15) is 4.79 Å². The van der Waals surface area contributed by atoms with E-state index in [2.05, 4.69) is 35.3 Å². The third kappa shape index (κ3) is 16.5. The van der Waals surface area contributed by atoms with E-state index in [1.54, 1.807) is 0 Å². The molecule has 0 aliphatic rings. The molecule has 0 N–H and O–H groups in total. The maximum atomic E-state index is 10.9. The maximum absolute atomic E-state index is 10.9. The highest BCUT2D eigenvalue weighted by molar-refractivity contribution is 5.68. The molecule has 0 saturated heterocycles. The highest BCUT2D eigenvalue weighted by Crippen LogP contribution is 2.05. The third-order valence-corrected chi connectivity index (χ3v) is 3.17. The van der Waals surface area contributed by atoms with Gasteiger partial charge in [-0.05, 0) is 25.7 Å². The molecule has 0 amide bonds. The van der Waals surface area contributed by atoms with Gasteiger partial charge in [0.1, 0.15) is 0 Å². The van der Waals surface area contributed by atoms with Crippen LogP contribution in [-0.4, -0.2) is 13.1 Å². The lowest BCUT2D eigenvalue weighted by molar-refractivity contribution is -0.140. The Bertz CT molecular complexity index is 362. The lowest BCUT2D eigenvalue weighted by atomic mass is 10.1. The van der Waals surface area contributed by atoms with E-state index in [0.29, 0.717) is 6.42 Å². The van der Waals surface area contributed by atoms with Crippen LogP contribution in [0, 0.1) is 23.7 Å². The molecule has 0 fully saturated rings. The summed E-state index contributed by atoms with van der Waals surface area (Å²) >= 11 is 0. The largest absolute Gasteiger partial charge is 0.469 e. The van der Waals surface area contributed by atoms with Crippen molar-refractivity contribution in [2.24, 2.45) is 0 Å². The second kappa shape index (κ2) is 16.6. The van der Waals surface area contributed by atoms with Gasteiger partial charge in [0.05, 0.1) is 7.11 Å². The Balaban J connectivity index is 3.26. The average Bonchev–Trinajstić information content (AvgIpc) is 2.50. The number of esters is 1. The van der Waals surface area contributed by atoms with Gasteiger partial charge in [-0.25, -0.2) is 0 Å². The molecule has 0 aromatic rings. The van der Waals surface area contributed by atoms with Crippen molar-refractivity contribution >= 4 is 5.97 Å². The molecule has 0 unspecified atom stereocenters.